The van der Waals surface area contributed by atoms with Gasteiger partial charge in [0.15, 0.2) is 5.88 Å². The Kier molecular flexibility index (Phi) is 4.56. The molecule has 1 rings (SSSR count). The van der Waals surface area contributed by atoms with Gasteiger partial charge in [-0.2, -0.15) is 0 Å². The van der Waals surface area contributed by atoms with Gasteiger partial charge in [-0.1, -0.05) is 13.3 Å². The second-order valence-corrected chi connectivity index (χ2v) is 3.68. The Morgan fingerprint density at radius 3 is 2.65 bits per heavy atom. The van der Waals surface area contributed by atoms with Crippen LogP contribution in [0.4, 0.5) is 5.88 Å². The van der Waals surface area contributed by atoms with Crippen molar-refractivity contribution in [2.45, 2.75) is 19.8 Å². The lowest BCUT2D eigenvalue weighted by Gasteiger charge is -2.19. The van der Waals surface area contributed by atoms with E-state index in [0.717, 1.165) is 12.8 Å². The van der Waals surface area contributed by atoms with Crippen LogP contribution in [0.2, 0.25) is 0 Å². The van der Waals surface area contributed by atoms with E-state index >= 15 is 0 Å². The molecule has 0 aliphatic carbocycles. The SMILES string of the molecule is CCCCN(CC(N)=O)c1ccc(C(=O)O)o1. The molecule has 1 amide bonds. The van der Waals surface area contributed by atoms with E-state index in [1.54, 1.807) is 4.90 Å². The van der Waals surface area contributed by atoms with E-state index in [2.05, 4.69) is 0 Å². The van der Waals surface area contributed by atoms with Gasteiger partial charge in [-0.15, -0.1) is 0 Å². The molecule has 0 unspecified atom stereocenters. The largest absolute Gasteiger partial charge is 0.475 e. The maximum absolute atomic E-state index is 10.9. The Bertz CT molecular complexity index is 400. The molecule has 0 aromatic carbocycles. The second-order valence-electron chi connectivity index (χ2n) is 3.68. The fourth-order valence-corrected chi connectivity index (χ4v) is 1.42. The summed E-state index contributed by atoms with van der Waals surface area (Å²) in [4.78, 5) is 23.2. The normalized spacial score (nSPS) is 10.2. The Morgan fingerprint density at radius 1 is 1.47 bits per heavy atom. The summed E-state index contributed by atoms with van der Waals surface area (Å²) in [5, 5.41) is 8.73. The van der Waals surface area contributed by atoms with Gasteiger partial charge < -0.3 is 20.2 Å². The van der Waals surface area contributed by atoms with Crippen molar-refractivity contribution in [2.75, 3.05) is 18.0 Å². The first-order valence-corrected chi connectivity index (χ1v) is 5.41. The third-order valence-electron chi connectivity index (χ3n) is 2.24. The molecule has 0 aliphatic rings. The van der Waals surface area contributed by atoms with Crippen molar-refractivity contribution in [3.63, 3.8) is 0 Å². The second kappa shape index (κ2) is 5.93. The predicted octanol–water partition coefficient (Wildman–Crippen LogP) is 1.07. The van der Waals surface area contributed by atoms with Gasteiger partial charge >= 0.3 is 5.97 Å². The van der Waals surface area contributed by atoms with E-state index in [0.29, 0.717) is 12.4 Å². The predicted molar refractivity (Wildman–Crippen MR) is 62.0 cm³/mol. The number of aromatic carboxylic acids is 1. The number of primary amides is 1. The first-order chi connectivity index (χ1) is 8.04. The Balaban J connectivity index is 2.79. The highest BCUT2D eigenvalue weighted by molar-refractivity contribution is 5.85. The van der Waals surface area contributed by atoms with Crippen molar-refractivity contribution in [3.05, 3.63) is 17.9 Å². The van der Waals surface area contributed by atoms with Crippen molar-refractivity contribution in [1.82, 2.24) is 0 Å². The topological polar surface area (TPSA) is 96.8 Å². The number of carboxylic acid groups (broad SMARTS) is 1. The van der Waals surface area contributed by atoms with E-state index in [1.165, 1.54) is 12.1 Å². The summed E-state index contributed by atoms with van der Waals surface area (Å²) in [5.41, 5.74) is 5.13. The molecule has 6 nitrogen and oxygen atoms in total. The van der Waals surface area contributed by atoms with Gasteiger partial charge in [0, 0.05) is 12.6 Å². The van der Waals surface area contributed by atoms with Crippen molar-refractivity contribution in [2.24, 2.45) is 5.73 Å². The number of hydrogen-bond acceptors (Lipinski definition) is 4. The van der Waals surface area contributed by atoms with Crippen LogP contribution in [-0.4, -0.2) is 30.1 Å². The molecule has 17 heavy (non-hydrogen) atoms. The van der Waals surface area contributed by atoms with Crippen LogP contribution >= 0.6 is 0 Å². The molecule has 1 heterocycles. The van der Waals surface area contributed by atoms with Gasteiger partial charge in [-0.3, -0.25) is 4.79 Å². The van der Waals surface area contributed by atoms with Crippen LogP contribution in [0.3, 0.4) is 0 Å². The molecule has 0 bridgehead atoms. The number of carbonyl (C=O) groups is 2. The molecule has 1 aromatic heterocycles. The molecule has 94 valence electrons. The van der Waals surface area contributed by atoms with Crippen LogP contribution < -0.4 is 10.6 Å². The molecule has 6 heteroatoms. The number of unbranched alkanes of at least 4 members (excludes halogenated alkanes) is 1. The molecule has 0 fully saturated rings. The highest BCUT2D eigenvalue weighted by Crippen LogP contribution is 2.18. The zero-order valence-electron chi connectivity index (χ0n) is 9.68. The van der Waals surface area contributed by atoms with Gasteiger partial charge in [0.25, 0.3) is 0 Å². The van der Waals surface area contributed by atoms with Crippen LogP contribution in [-0.2, 0) is 4.79 Å². The molecular weight excluding hydrogens is 224 g/mol. The van der Waals surface area contributed by atoms with E-state index in [4.69, 9.17) is 15.3 Å². The fourth-order valence-electron chi connectivity index (χ4n) is 1.42. The van der Waals surface area contributed by atoms with Crippen LogP contribution in [0.1, 0.15) is 30.3 Å². The first-order valence-electron chi connectivity index (χ1n) is 5.41. The summed E-state index contributed by atoms with van der Waals surface area (Å²) < 4.78 is 5.12. The molecule has 1 aromatic rings. The van der Waals surface area contributed by atoms with Crippen LogP contribution in [0.25, 0.3) is 0 Å². The molecular formula is C11H16N2O4. The van der Waals surface area contributed by atoms with E-state index in [1.807, 2.05) is 6.92 Å². The molecule has 0 radical (unpaired) electrons. The average molecular weight is 240 g/mol. The Hall–Kier alpha value is -1.98. The maximum Gasteiger partial charge on any atom is 0.371 e. The quantitative estimate of drug-likeness (QED) is 0.743. The monoisotopic (exact) mass is 240 g/mol. The lowest BCUT2D eigenvalue weighted by Crippen LogP contribution is -2.34. The number of carboxylic acids is 1. The number of hydrogen-bond donors (Lipinski definition) is 2. The molecule has 3 N–H and O–H groups in total. The van der Waals surface area contributed by atoms with Crippen LogP contribution in [0, 0.1) is 0 Å². The zero-order chi connectivity index (χ0) is 12.8. The van der Waals surface area contributed by atoms with Crippen LogP contribution in [0.5, 0.6) is 0 Å². The van der Waals surface area contributed by atoms with Gasteiger partial charge in [0.05, 0.1) is 6.54 Å². The van der Waals surface area contributed by atoms with E-state index < -0.39 is 11.9 Å². The van der Waals surface area contributed by atoms with E-state index in [9.17, 15) is 9.59 Å². The van der Waals surface area contributed by atoms with Gasteiger partial charge in [0.1, 0.15) is 0 Å². The van der Waals surface area contributed by atoms with Crippen molar-refractivity contribution < 1.29 is 19.1 Å². The minimum atomic E-state index is -1.13. The summed E-state index contributed by atoms with van der Waals surface area (Å²) in [6.07, 6.45) is 1.83. The molecule has 0 saturated carbocycles. The zero-order valence-corrected chi connectivity index (χ0v) is 9.68. The molecule has 0 aliphatic heterocycles. The first kappa shape index (κ1) is 13.1. The number of rotatable bonds is 7. The summed E-state index contributed by atoms with van der Waals surface area (Å²) in [7, 11) is 0. The number of carbonyl (C=O) groups excluding carboxylic acids is 1. The van der Waals surface area contributed by atoms with Crippen molar-refractivity contribution in [3.8, 4) is 0 Å². The number of nitrogens with two attached hydrogens (primary N) is 1. The number of nitrogens with zero attached hydrogens (tertiary/aromatic N) is 1. The Morgan fingerprint density at radius 2 is 2.18 bits per heavy atom. The molecule has 0 saturated heterocycles. The van der Waals surface area contributed by atoms with Crippen LogP contribution in [0.15, 0.2) is 16.5 Å². The summed E-state index contributed by atoms with van der Waals surface area (Å²) in [5.74, 6) is -1.40. The molecule has 0 atom stereocenters. The third kappa shape index (κ3) is 3.82. The third-order valence-corrected chi connectivity index (χ3v) is 2.24. The van der Waals surface area contributed by atoms with Gasteiger partial charge in [-0.05, 0) is 12.5 Å². The Labute approximate surface area is 99.0 Å². The lowest BCUT2D eigenvalue weighted by atomic mass is 10.3. The lowest BCUT2D eigenvalue weighted by molar-refractivity contribution is -0.116. The number of amides is 1. The van der Waals surface area contributed by atoms with Gasteiger partial charge in [-0.25, -0.2) is 4.79 Å². The van der Waals surface area contributed by atoms with Crippen molar-refractivity contribution >= 4 is 17.8 Å². The molecule has 0 spiro atoms. The smallest absolute Gasteiger partial charge is 0.371 e. The summed E-state index contributed by atoms with van der Waals surface area (Å²) in [6.45, 7) is 2.64. The maximum atomic E-state index is 10.9. The number of anilines is 1. The fraction of sp³-hybridized carbons (Fsp3) is 0.455. The summed E-state index contributed by atoms with van der Waals surface area (Å²) in [6, 6.07) is 2.89. The highest BCUT2D eigenvalue weighted by Gasteiger charge is 2.15. The van der Waals surface area contributed by atoms with Crippen molar-refractivity contribution in [1.29, 1.82) is 0 Å². The number of furan rings is 1. The van der Waals surface area contributed by atoms with Gasteiger partial charge in [0.2, 0.25) is 11.7 Å². The highest BCUT2D eigenvalue weighted by atomic mass is 16.4. The van der Waals surface area contributed by atoms with E-state index in [-0.39, 0.29) is 12.3 Å². The average Bonchev–Trinajstić information content (AvgIpc) is 2.72. The minimum absolute atomic E-state index is 0.0204. The summed E-state index contributed by atoms with van der Waals surface area (Å²) >= 11 is 0. The standard InChI is InChI=1S/C11H16N2O4/c1-2-3-6-13(7-9(12)14)10-5-4-8(17-10)11(15)16/h4-5H,2-3,6-7H2,1H3,(H2,12,14)(H,15,16). The minimum Gasteiger partial charge on any atom is -0.475 e.